The number of nitrogens with two attached hydrogens (primary N) is 3. The van der Waals surface area contributed by atoms with Crippen LogP contribution in [-0.2, 0) is 33.6 Å². The summed E-state index contributed by atoms with van der Waals surface area (Å²) in [5, 5.41) is 46.1. The van der Waals surface area contributed by atoms with Gasteiger partial charge in [-0.05, 0) is 58.2 Å². The number of nitrogens with zero attached hydrogens (tertiary/aromatic N) is 1. The first-order chi connectivity index (χ1) is 23.4. The van der Waals surface area contributed by atoms with Gasteiger partial charge in [0.2, 0.25) is 35.4 Å². The van der Waals surface area contributed by atoms with Crippen LogP contribution in [0.5, 0.6) is 0 Å². The summed E-state index contributed by atoms with van der Waals surface area (Å²) in [5.41, 5.74) is 15.9. The molecule has 0 aromatic carbocycles. The molecule has 0 saturated heterocycles. The molecule has 0 fully saturated rings. The van der Waals surface area contributed by atoms with E-state index in [9.17, 15) is 43.8 Å². The van der Waals surface area contributed by atoms with Gasteiger partial charge in [0.15, 0.2) is 11.1 Å². The molecule has 6 amide bonds. The minimum Gasteiger partial charge on any atom is -0.481 e. The molecule has 0 radical (unpaired) electrons. The molecule has 16 N–H and O–H groups in total. The quantitative estimate of drug-likeness (QED) is 0.0190. The van der Waals surface area contributed by atoms with Gasteiger partial charge in [0.1, 0.15) is 30.2 Å². The van der Waals surface area contributed by atoms with Crippen molar-refractivity contribution in [3.63, 3.8) is 0 Å². The van der Waals surface area contributed by atoms with Crippen LogP contribution in [0.1, 0.15) is 59.3 Å². The van der Waals surface area contributed by atoms with E-state index in [1.165, 1.54) is 20.8 Å². The number of hydrogen-bond donors (Lipinski definition) is 13. The summed E-state index contributed by atoms with van der Waals surface area (Å²) in [6.45, 7) is 3.42. The van der Waals surface area contributed by atoms with Crippen molar-refractivity contribution >= 4 is 64.7 Å². The Balaban J connectivity index is 5.94. The number of carbonyl (C=O) groups excluding carboxylic acids is 6. The van der Waals surface area contributed by atoms with Gasteiger partial charge >= 0.3 is 5.97 Å². The van der Waals surface area contributed by atoms with Crippen LogP contribution < -0.4 is 54.4 Å². The van der Waals surface area contributed by atoms with Crippen molar-refractivity contribution in [2.45, 2.75) is 95.6 Å². The topological polar surface area (TPSA) is 355 Å². The molecule has 50 heavy (non-hydrogen) atoms. The number of aliphatic hydroxyl groups is 2. The highest BCUT2D eigenvalue weighted by molar-refractivity contribution is 7.80. The molecule has 0 aliphatic heterocycles. The second kappa shape index (κ2) is 24.3. The molecule has 0 unspecified atom stereocenters. The van der Waals surface area contributed by atoms with Gasteiger partial charge in [-0.3, -0.25) is 38.6 Å². The van der Waals surface area contributed by atoms with Gasteiger partial charge in [-0.15, -0.1) is 0 Å². The van der Waals surface area contributed by atoms with Gasteiger partial charge in [0.25, 0.3) is 0 Å². The zero-order chi connectivity index (χ0) is 38.4. The van der Waals surface area contributed by atoms with Gasteiger partial charge in [0, 0.05) is 26.6 Å². The van der Waals surface area contributed by atoms with Crippen molar-refractivity contribution < 1.29 is 48.9 Å². The summed E-state index contributed by atoms with van der Waals surface area (Å²) in [4.78, 5) is 90.1. The molecule has 0 aromatic heterocycles. The van der Waals surface area contributed by atoms with E-state index in [2.05, 4.69) is 42.2 Å². The lowest BCUT2D eigenvalue weighted by molar-refractivity contribution is -0.137. The van der Waals surface area contributed by atoms with E-state index < -0.39 is 84.3 Å². The number of carboxylic acids is 1. The van der Waals surface area contributed by atoms with Crippen LogP contribution >= 0.6 is 12.2 Å². The predicted molar refractivity (Wildman–Crippen MR) is 184 cm³/mol. The number of amides is 6. The van der Waals surface area contributed by atoms with Crippen LogP contribution in [0, 0.1) is 0 Å². The van der Waals surface area contributed by atoms with E-state index in [0.717, 1.165) is 0 Å². The number of primary amides is 1. The maximum absolute atomic E-state index is 13.5. The summed E-state index contributed by atoms with van der Waals surface area (Å²) >= 11 is 5.09. The zero-order valence-corrected chi connectivity index (χ0v) is 29.1. The highest BCUT2D eigenvalue weighted by atomic mass is 32.1. The molecule has 0 saturated carbocycles. The van der Waals surface area contributed by atoms with E-state index in [-0.39, 0.29) is 49.8 Å². The third-order valence-electron chi connectivity index (χ3n) is 6.76. The van der Waals surface area contributed by atoms with Gasteiger partial charge in [-0.1, -0.05) is 0 Å². The molecule has 6 atom stereocenters. The number of aliphatic carboxylic acids is 1. The van der Waals surface area contributed by atoms with Crippen LogP contribution in [0.25, 0.3) is 0 Å². The van der Waals surface area contributed by atoms with Crippen molar-refractivity contribution in [3.8, 4) is 0 Å². The Labute approximate surface area is 294 Å². The lowest BCUT2D eigenvalue weighted by Gasteiger charge is -2.26. The van der Waals surface area contributed by atoms with Crippen LogP contribution in [-0.4, -0.2) is 130 Å². The van der Waals surface area contributed by atoms with Gasteiger partial charge in [0.05, 0.1) is 19.1 Å². The number of unbranched alkanes of at least 4 members (excludes halogenated alkanes) is 1. The fourth-order valence-corrected chi connectivity index (χ4v) is 4.36. The highest BCUT2D eigenvalue weighted by Gasteiger charge is 2.32. The smallest absolute Gasteiger partial charge is 0.305 e. The first-order valence-electron chi connectivity index (χ1n) is 15.7. The van der Waals surface area contributed by atoms with Crippen molar-refractivity contribution in [2.24, 2.45) is 22.2 Å². The van der Waals surface area contributed by atoms with E-state index >= 15 is 0 Å². The normalized spacial score (nSPS) is 14.2. The molecule has 0 aliphatic rings. The Kier molecular flexibility index (Phi) is 22.0. The second-order valence-electron chi connectivity index (χ2n) is 11.2. The Bertz CT molecular complexity index is 1220. The van der Waals surface area contributed by atoms with Crippen LogP contribution in [0.3, 0.4) is 0 Å². The molecule has 21 nitrogen and oxygen atoms in total. The number of guanidine groups is 1. The molecule has 284 valence electrons. The maximum atomic E-state index is 13.5. The molecule has 0 rings (SSSR count). The monoisotopic (exact) mass is 733 g/mol. The average molecular weight is 734 g/mol. The van der Waals surface area contributed by atoms with E-state index in [1.807, 2.05) is 0 Å². The van der Waals surface area contributed by atoms with Gasteiger partial charge in [-0.25, -0.2) is 0 Å². The van der Waals surface area contributed by atoms with Crippen molar-refractivity contribution in [2.75, 3.05) is 26.2 Å². The number of aliphatic hydroxyl groups excluding tert-OH is 2. The molecule has 0 aromatic rings. The van der Waals surface area contributed by atoms with Crippen LogP contribution in [0.15, 0.2) is 4.99 Å². The Hall–Kier alpha value is -4.83. The third kappa shape index (κ3) is 19.9. The number of nitrogens with one attached hydrogen (secondary N) is 7. The summed E-state index contributed by atoms with van der Waals surface area (Å²) in [6, 6.07) is -6.69. The number of aliphatic imine (C=N–C) groups is 1. The number of rotatable bonds is 24. The van der Waals surface area contributed by atoms with Crippen molar-refractivity contribution in [3.05, 3.63) is 0 Å². The number of carboxylic acid groups (broad SMARTS) is 1. The summed E-state index contributed by atoms with van der Waals surface area (Å²) in [7, 11) is 0. The average Bonchev–Trinajstić information content (AvgIpc) is 3.01. The van der Waals surface area contributed by atoms with Crippen LogP contribution in [0.2, 0.25) is 0 Å². The van der Waals surface area contributed by atoms with Crippen molar-refractivity contribution in [1.82, 2.24) is 37.2 Å². The number of thiocarbonyl (C=S) groups is 1. The molecular formula is C28H51N11O10S. The summed E-state index contributed by atoms with van der Waals surface area (Å²) in [6.07, 6.45) is -0.591. The Morgan fingerprint density at radius 2 is 1.26 bits per heavy atom. The summed E-state index contributed by atoms with van der Waals surface area (Å²) in [5.74, 6) is -6.17. The molecular weight excluding hydrogens is 682 g/mol. The van der Waals surface area contributed by atoms with E-state index in [4.69, 9.17) is 34.5 Å². The lowest BCUT2D eigenvalue weighted by atomic mass is 10.1. The van der Waals surface area contributed by atoms with Gasteiger partial charge < -0.3 is 69.7 Å². The largest absolute Gasteiger partial charge is 0.481 e. The minimum atomic E-state index is -1.62. The predicted octanol–water partition coefficient (Wildman–Crippen LogP) is -5.53. The third-order valence-corrected chi connectivity index (χ3v) is 7.04. The minimum absolute atomic E-state index is 0.00717. The van der Waals surface area contributed by atoms with Crippen molar-refractivity contribution in [1.29, 1.82) is 0 Å². The summed E-state index contributed by atoms with van der Waals surface area (Å²) < 4.78 is 0. The fourth-order valence-electron chi connectivity index (χ4n) is 4.15. The zero-order valence-electron chi connectivity index (χ0n) is 28.3. The molecule has 0 aliphatic carbocycles. The number of hydrogen-bond acceptors (Lipinski definition) is 11. The van der Waals surface area contributed by atoms with Gasteiger partial charge in [-0.2, -0.15) is 0 Å². The fraction of sp³-hybridized carbons (Fsp3) is 0.679. The first-order valence-corrected chi connectivity index (χ1v) is 16.2. The SMILES string of the molecule is CC(=O)N[C@@H](C)C(=O)N[C@@H](CCCN=C(N)N)C(=O)N[C@@H](CCCCNC(=S)NCCC(=O)O)C(=O)N[C@@H](CO)C(=O)N[C@H](C(N)=O)[C@@H](C)O. The molecule has 22 heteroatoms. The first kappa shape index (κ1) is 45.2. The Morgan fingerprint density at radius 3 is 1.76 bits per heavy atom. The van der Waals surface area contributed by atoms with E-state index in [0.29, 0.717) is 19.4 Å². The number of carbonyl (C=O) groups is 7. The second-order valence-corrected chi connectivity index (χ2v) is 11.6. The highest BCUT2D eigenvalue weighted by Crippen LogP contribution is 2.06. The Morgan fingerprint density at radius 1 is 0.740 bits per heavy atom. The molecule has 0 spiro atoms. The lowest BCUT2D eigenvalue weighted by Crippen LogP contribution is -2.60. The molecule has 0 bridgehead atoms. The van der Waals surface area contributed by atoms with E-state index in [1.54, 1.807) is 0 Å². The standard InChI is InChI=1S/C28H51N11O10S/c1-14(35-16(3)42)23(46)36-18(8-6-11-32-27(30)31)24(47)37-17(7-4-5-10-33-28(50)34-12-9-20(43)44)25(48)38-19(13-40)26(49)39-21(15(2)41)22(29)45/h14-15,17-19,21,40-41H,4-13H2,1-3H3,(H2,29,45)(H,35,42)(H,36,46)(H,37,47)(H,38,48)(H,39,49)(H,43,44)(H4,30,31,32)(H2,33,34,50)/t14-,15+,17-,18-,19-,21-/m0/s1. The maximum Gasteiger partial charge on any atom is 0.305 e. The molecule has 0 heterocycles. The van der Waals surface area contributed by atoms with Crippen LogP contribution in [0.4, 0.5) is 0 Å².